The molecule has 1 unspecified atom stereocenters. The van der Waals surface area contributed by atoms with Gasteiger partial charge in [0, 0.05) is 43.8 Å². The highest BCUT2D eigenvalue weighted by molar-refractivity contribution is 7.13. The average Bonchev–Trinajstić information content (AvgIpc) is 3.41. The highest BCUT2D eigenvalue weighted by atomic mass is 32.1. The van der Waals surface area contributed by atoms with Gasteiger partial charge in [-0.25, -0.2) is 9.98 Å². The quantitative estimate of drug-likeness (QED) is 0.736. The van der Waals surface area contributed by atoms with Crippen molar-refractivity contribution in [2.75, 3.05) is 24.5 Å². The summed E-state index contributed by atoms with van der Waals surface area (Å²) in [5, 5.41) is 8.56. The lowest BCUT2D eigenvalue weighted by Gasteiger charge is -2.32. The number of piperidine rings is 1. The molecule has 31 heavy (non-hydrogen) atoms. The molecular formula is C21H26N6O3S. The molecule has 0 radical (unpaired) electrons. The fourth-order valence-corrected chi connectivity index (χ4v) is 4.40. The molecule has 1 fully saturated rings. The monoisotopic (exact) mass is 442 g/mol. The first kappa shape index (κ1) is 21.3. The lowest BCUT2D eigenvalue weighted by molar-refractivity contribution is -0.122. The third-order valence-corrected chi connectivity index (χ3v) is 5.99. The van der Waals surface area contributed by atoms with E-state index < -0.39 is 6.17 Å². The zero-order valence-corrected chi connectivity index (χ0v) is 18.4. The van der Waals surface area contributed by atoms with Crippen LogP contribution in [0, 0.1) is 6.92 Å². The zero-order valence-electron chi connectivity index (χ0n) is 17.6. The molecule has 1 saturated heterocycles. The minimum Gasteiger partial charge on any atom is -0.462 e. The van der Waals surface area contributed by atoms with Gasteiger partial charge in [-0.3, -0.25) is 19.4 Å². The van der Waals surface area contributed by atoms with Crippen LogP contribution >= 0.6 is 11.3 Å². The molecule has 0 aromatic carbocycles. The van der Waals surface area contributed by atoms with Crippen LogP contribution in [-0.2, 0) is 9.59 Å². The summed E-state index contributed by atoms with van der Waals surface area (Å²) in [5.41, 5.74) is 0. The predicted octanol–water partition coefficient (Wildman–Crippen LogP) is 2.19. The fourth-order valence-electron chi connectivity index (χ4n) is 3.76. The smallest absolute Gasteiger partial charge is 0.239 e. The van der Waals surface area contributed by atoms with Crippen molar-refractivity contribution in [1.82, 2.24) is 20.5 Å². The van der Waals surface area contributed by atoms with Crippen molar-refractivity contribution in [3.05, 3.63) is 47.5 Å². The van der Waals surface area contributed by atoms with E-state index in [1.54, 1.807) is 12.3 Å². The number of amidine groups is 1. The number of carbonyl (C=O) groups is 2. The van der Waals surface area contributed by atoms with Crippen molar-refractivity contribution in [1.29, 1.82) is 0 Å². The van der Waals surface area contributed by atoms with Crippen LogP contribution in [-0.4, -0.2) is 53.2 Å². The van der Waals surface area contributed by atoms with Gasteiger partial charge in [0.2, 0.25) is 11.8 Å². The number of nitrogens with zero attached hydrogens (tertiary/aromatic N) is 4. The molecule has 2 aromatic heterocycles. The van der Waals surface area contributed by atoms with Crippen LogP contribution in [0.2, 0.25) is 0 Å². The highest BCUT2D eigenvalue weighted by Crippen LogP contribution is 2.33. The predicted molar refractivity (Wildman–Crippen MR) is 119 cm³/mol. The molecule has 10 heteroatoms. The van der Waals surface area contributed by atoms with Gasteiger partial charge in [-0.05, 0) is 38.0 Å². The SMILES string of the molecule is CC(=O)NC1CCN(CC(=O)NC2=NC(c3ccc(C)o3)N(c3nccs3)C=C2)CC1. The van der Waals surface area contributed by atoms with E-state index in [9.17, 15) is 9.59 Å². The largest absolute Gasteiger partial charge is 0.462 e. The summed E-state index contributed by atoms with van der Waals surface area (Å²) in [6.45, 7) is 5.25. The molecule has 1 atom stereocenters. The number of likely N-dealkylation sites (tertiary alicyclic amines) is 1. The summed E-state index contributed by atoms with van der Waals surface area (Å²) in [6, 6.07) is 3.98. The van der Waals surface area contributed by atoms with Gasteiger partial charge in [-0.15, -0.1) is 11.3 Å². The molecule has 0 spiro atoms. The summed E-state index contributed by atoms with van der Waals surface area (Å²) in [4.78, 5) is 36.9. The number of amides is 2. The minimum atomic E-state index is -0.437. The normalized spacial score (nSPS) is 19.9. The second-order valence-corrected chi connectivity index (χ2v) is 8.55. The van der Waals surface area contributed by atoms with Gasteiger partial charge >= 0.3 is 0 Å². The Labute approximate surface area is 184 Å². The molecule has 2 aliphatic heterocycles. The maximum Gasteiger partial charge on any atom is 0.239 e. The Kier molecular flexibility index (Phi) is 6.47. The zero-order chi connectivity index (χ0) is 21.8. The Morgan fingerprint density at radius 1 is 1.29 bits per heavy atom. The number of hydrogen-bond acceptors (Lipinski definition) is 8. The molecule has 9 nitrogen and oxygen atoms in total. The van der Waals surface area contributed by atoms with E-state index in [-0.39, 0.29) is 17.9 Å². The van der Waals surface area contributed by atoms with Crippen LogP contribution in [0.4, 0.5) is 5.13 Å². The first-order valence-electron chi connectivity index (χ1n) is 10.3. The maximum atomic E-state index is 12.6. The highest BCUT2D eigenvalue weighted by Gasteiger charge is 2.27. The van der Waals surface area contributed by atoms with Gasteiger partial charge in [0.05, 0.1) is 6.54 Å². The number of anilines is 1. The summed E-state index contributed by atoms with van der Waals surface area (Å²) in [6.07, 6.45) is 6.63. The Morgan fingerprint density at radius 3 is 2.74 bits per heavy atom. The van der Waals surface area contributed by atoms with E-state index in [0.29, 0.717) is 18.1 Å². The number of aliphatic imine (C=N–C) groups is 1. The third kappa shape index (κ3) is 5.39. The number of aryl methyl sites for hydroxylation is 1. The summed E-state index contributed by atoms with van der Waals surface area (Å²) in [7, 11) is 0. The van der Waals surface area contributed by atoms with Gasteiger partial charge in [0.25, 0.3) is 0 Å². The van der Waals surface area contributed by atoms with Crippen LogP contribution < -0.4 is 15.5 Å². The molecule has 0 aliphatic carbocycles. The Bertz CT molecular complexity index is 975. The minimum absolute atomic E-state index is 0.00797. The molecule has 164 valence electrons. The molecule has 4 heterocycles. The van der Waals surface area contributed by atoms with Gasteiger partial charge in [-0.2, -0.15) is 0 Å². The van der Waals surface area contributed by atoms with Crippen LogP contribution in [0.3, 0.4) is 0 Å². The van der Waals surface area contributed by atoms with Crippen molar-refractivity contribution in [2.24, 2.45) is 4.99 Å². The Balaban J connectivity index is 1.38. The number of nitrogens with one attached hydrogen (secondary N) is 2. The molecule has 2 amide bonds. The lowest BCUT2D eigenvalue weighted by atomic mass is 10.1. The molecule has 4 rings (SSSR count). The van der Waals surface area contributed by atoms with Gasteiger partial charge in [-0.1, -0.05) is 0 Å². The number of aromatic nitrogens is 1. The first-order valence-corrected chi connectivity index (χ1v) is 11.2. The van der Waals surface area contributed by atoms with Crippen LogP contribution in [0.5, 0.6) is 0 Å². The maximum absolute atomic E-state index is 12.6. The fraction of sp³-hybridized carbons (Fsp3) is 0.429. The van der Waals surface area contributed by atoms with Crippen LogP contribution in [0.1, 0.15) is 37.5 Å². The molecule has 2 N–H and O–H groups in total. The second kappa shape index (κ2) is 9.44. The van der Waals surface area contributed by atoms with Crippen LogP contribution in [0.15, 0.2) is 45.4 Å². The van der Waals surface area contributed by atoms with E-state index in [4.69, 9.17) is 9.41 Å². The van der Waals surface area contributed by atoms with E-state index in [1.165, 1.54) is 18.3 Å². The lowest BCUT2D eigenvalue weighted by Crippen LogP contribution is -2.47. The molecule has 2 aliphatic rings. The van der Waals surface area contributed by atoms with Crippen LogP contribution in [0.25, 0.3) is 0 Å². The topological polar surface area (TPSA) is 103 Å². The van der Waals surface area contributed by atoms with E-state index in [0.717, 1.165) is 36.8 Å². The summed E-state index contributed by atoms with van der Waals surface area (Å²) < 4.78 is 5.81. The van der Waals surface area contributed by atoms with Crippen molar-refractivity contribution >= 4 is 34.1 Å². The summed E-state index contributed by atoms with van der Waals surface area (Å²) in [5.74, 6) is 1.85. The van der Waals surface area contributed by atoms with Gasteiger partial charge in [0.1, 0.15) is 17.4 Å². The van der Waals surface area contributed by atoms with Gasteiger partial charge < -0.3 is 15.1 Å². The van der Waals surface area contributed by atoms with E-state index >= 15 is 0 Å². The summed E-state index contributed by atoms with van der Waals surface area (Å²) >= 11 is 1.51. The number of hydrogen-bond donors (Lipinski definition) is 2. The number of furan rings is 1. The van der Waals surface area contributed by atoms with Crippen molar-refractivity contribution in [3.8, 4) is 0 Å². The molecule has 2 aromatic rings. The Morgan fingerprint density at radius 2 is 2.10 bits per heavy atom. The third-order valence-electron chi connectivity index (χ3n) is 5.20. The van der Waals surface area contributed by atoms with Crippen molar-refractivity contribution in [3.63, 3.8) is 0 Å². The average molecular weight is 443 g/mol. The second-order valence-electron chi connectivity index (χ2n) is 7.67. The molecule has 0 saturated carbocycles. The van der Waals surface area contributed by atoms with Gasteiger partial charge in [0.15, 0.2) is 11.3 Å². The number of carbonyl (C=O) groups excluding carboxylic acids is 2. The standard InChI is InChI=1S/C21H26N6O3S/c1-14-3-4-17(30-14)20-25-18(7-11-27(20)21-22-8-12-31-21)24-19(29)13-26-9-5-16(6-10-26)23-15(2)28/h3-4,7-8,11-12,16,20H,5-6,9-10,13H2,1-2H3,(H,23,28)(H,24,25,29). The Hall–Kier alpha value is -2.98. The molecule has 0 bridgehead atoms. The molecular weight excluding hydrogens is 416 g/mol. The first-order chi connectivity index (χ1) is 15.0. The van der Waals surface area contributed by atoms with Crippen molar-refractivity contribution < 1.29 is 14.0 Å². The van der Waals surface area contributed by atoms with Crippen molar-refractivity contribution in [2.45, 2.75) is 38.9 Å². The van der Waals surface area contributed by atoms with E-state index in [1.807, 2.05) is 35.5 Å². The van der Waals surface area contributed by atoms with E-state index in [2.05, 4.69) is 20.5 Å². The number of rotatable bonds is 5. The number of thiazole rings is 1.